The topological polar surface area (TPSA) is 68.5 Å². The molecule has 0 unspecified atom stereocenters. The first kappa shape index (κ1) is 36.3. The number of anilines is 2. The Kier molecular flexibility index (Phi) is 8.75. The van der Waals surface area contributed by atoms with Crippen LogP contribution in [0.15, 0.2) is 131 Å². The molecule has 7 heteroatoms. The van der Waals surface area contributed by atoms with E-state index in [-0.39, 0.29) is 35.4 Å². The maximum Gasteiger partial charge on any atom is 0.438 e. The molecule has 4 aromatic carbocycles. The lowest BCUT2D eigenvalue weighted by molar-refractivity contribution is -0.124. The number of barbiturate groups is 1. The van der Waals surface area contributed by atoms with Crippen molar-refractivity contribution in [3.8, 4) is 0 Å². The quantitative estimate of drug-likeness (QED) is 0.119. The predicted octanol–water partition coefficient (Wildman–Crippen LogP) is 10.1. The van der Waals surface area contributed by atoms with E-state index in [4.69, 9.17) is 0 Å². The van der Waals surface area contributed by atoms with Crippen LogP contribution in [0, 0.1) is 0 Å². The molecule has 0 bridgehead atoms. The van der Waals surface area contributed by atoms with Gasteiger partial charge in [-0.15, -0.1) is 0 Å². The first-order valence-electron chi connectivity index (χ1n) is 19.6. The number of carbonyl (C=O) groups excluding carboxylic acids is 3. The number of allylic oxidation sites excluding steroid dienone is 9. The molecule has 1 aliphatic carbocycles. The summed E-state index contributed by atoms with van der Waals surface area (Å²) < 4.78 is 0. The van der Waals surface area contributed by atoms with Gasteiger partial charge in [-0.1, -0.05) is 101 Å². The first-order valence-corrected chi connectivity index (χ1v) is 19.6. The fraction of sp³-hybridized carbons (Fsp3) is 0.312. The molecule has 0 spiro atoms. The van der Waals surface area contributed by atoms with Crippen LogP contribution in [-0.2, 0) is 15.6 Å². The number of nitrogens with zero attached hydrogens (tertiary/aromatic N) is 4. The molecule has 4 aliphatic rings. The van der Waals surface area contributed by atoms with E-state index in [1.54, 1.807) is 6.92 Å². The number of amides is 4. The van der Waals surface area contributed by atoms with E-state index in [2.05, 4.69) is 149 Å². The van der Waals surface area contributed by atoms with Gasteiger partial charge in [-0.05, 0) is 101 Å². The second-order valence-corrected chi connectivity index (χ2v) is 16.2. The summed E-state index contributed by atoms with van der Waals surface area (Å²) in [6, 6.07) is 25.4. The number of benzene rings is 4. The number of fused-ring (bicyclic) bond motifs is 6. The number of hydrogen-bond donors (Lipinski definition) is 0. The fourth-order valence-corrected chi connectivity index (χ4v) is 9.80. The van der Waals surface area contributed by atoms with Crippen molar-refractivity contribution in [1.29, 1.82) is 0 Å². The lowest BCUT2D eigenvalue weighted by Crippen LogP contribution is -2.56. The van der Waals surface area contributed by atoms with Gasteiger partial charge in [0.15, 0.2) is 5.57 Å². The highest BCUT2D eigenvalue weighted by atomic mass is 16.2. The van der Waals surface area contributed by atoms with Crippen molar-refractivity contribution in [2.24, 2.45) is 0 Å². The zero-order chi connectivity index (χ0) is 39.0. The summed E-state index contributed by atoms with van der Waals surface area (Å²) in [5.74, 6) is -0.733. The molecule has 4 aromatic rings. The van der Waals surface area contributed by atoms with Crippen molar-refractivity contribution in [1.82, 2.24) is 9.80 Å². The Labute approximate surface area is 324 Å². The van der Waals surface area contributed by atoms with Gasteiger partial charge in [-0.3, -0.25) is 14.5 Å². The van der Waals surface area contributed by atoms with E-state index < -0.39 is 11.9 Å². The highest BCUT2D eigenvalue weighted by Gasteiger charge is 2.48. The predicted molar refractivity (Wildman–Crippen MR) is 226 cm³/mol. The van der Waals surface area contributed by atoms with Gasteiger partial charge in [0.2, 0.25) is 0 Å². The smallest absolute Gasteiger partial charge is 0.347 e. The van der Waals surface area contributed by atoms with Gasteiger partial charge in [-0.2, -0.15) is 0 Å². The summed E-state index contributed by atoms with van der Waals surface area (Å²) in [4.78, 5) is 46.7. The third kappa shape index (κ3) is 5.42. The number of urea groups is 1. The van der Waals surface area contributed by atoms with Crippen LogP contribution in [-0.4, -0.2) is 59.6 Å². The highest BCUT2D eigenvalue weighted by molar-refractivity contribution is 6.30. The molecule has 3 aliphatic heterocycles. The number of likely N-dealkylation sites (N-methyl/N-ethyl adjacent to an activating group) is 4. The molecule has 280 valence electrons. The molecule has 8 rings (SSSR count). The molecule has 1 saturated carbocycles. The standard InChI is InChI=1S/C48H50N4O3/c1-9-51-44(53)41(45(54)52(10-2)46(51)55)40-32(24-28-38-47(3,4)42-34-20-13-11-16-30(34)22-26-36(42)49(38)7)18-15-19-33(40)25-29-39-48(5,6)43-35-21-14-12-17-31(35)23-27-37(43)50(39)8/h11-14,16-17,20-29H,9-10,15,18-19H2,1-8H3/p+1/b32-24+,33-25+,38-28-,39-29+. The van der Waals surface area contributed by atoms with Crippen molar-refractivity contribution in [2.45, 2.75) is 71.6 Å². The number of imide groups is 2. The van der Waals surface area contributed by atoms with Crippen LogP contribution < -0.4 is 9.80 Å². The normalized spacial score (nSPS) is 23.7. The van der Waals surface area contributed by atoms with E-state index >= 15 is 0 Å². The van der Waals surface area contributed by atoms with Crippen LogP contribution in [0.1, 0.15) is 71.9 Å². The molecule has 0 aromatic heterocycles. The van der Waals surface area contributed by atoms with Gasteiger partial charge in [0.05, 0.1) is 0 Å². The molecule has 1 saturated heterocycles. The zero-order valence-electron chi connectivity index (χ0n) is 33.3. The van der Waals surface area contributed by atoms with Gasteiger partial charge >= 0.3 is 11.9 Å². The molecule has 7 nitrogen and oxygen atoms in total. The Bertz CT molecular complexity index is 2330. The van der Waals surface area contributed by atoms with Crippen molar-refractivity contribution in [3.63, 3.8) is 0 Å². The Morgan fingerprint density at radius 2 is 1.07 bits per heavy atom. The maximum atomic E-state index is 14.3. The van der Waals surface area contributed by atoms with Crippen LogP contribution in [0.4, 0.5) is 16.2 Å². The average molecular weight is 732 g/mol. The van der Waals surface area contributed by atoms with E-state index in [1.807, 2.05) is 6.92 Å². The van der Waals surface area contributed by atoms with Gasteiger partial charge in [0.1, 0.15) is 0 Å². The highest BCUT2D eigenvalue weighted by Crippen LogP contribution is 2.52. The average Bonchev–Trinajstić information content (AvgIpc) is 3.50. The minimum atomic E-state index is -0.494. The lowest BCUT2D eigenvalue weighted by atomic mass is 9.78. The van der Waals surface area contributed by atoms with Crippen LogP contribution >= 0.6 is 0 Å². The summed E-state index contributed by atoms with van der Waals surface area (Å²) in [5.41, 5.74) is 9.54. The van der Waals surface area contributed by atoms with Crippen LogP contribution in [0.25, 0.3) is 21.5 Å². The Morgan fingerprint density at radius 3 is 1.53 bits per heavy atom. The molecular weight excluding hydrogens is 681 g/mol. The molecule has 4 amide bonds. The van der Waals surface area contributed by atoms with E-state index in [0.717, 1.165) is 47.4 Å². The Hall–Kier alpha value is -5.69. The van der Waals surface area contributed by atoms with E-state index in [9.17, 15) is 14.4 Å². The van der Waals surface area contributed by atoms with Gasteiger partial charge < -0.3 is 9.80 Å². The van der Waals surface area contributed by atoms with Crippen molar-refractivity contribution in [2.75, 3.05) is 37.0 Å². The van der Waals surface area contributed by atoms with Crippen molar-refractivity contribution in [3.05, 3.63) is 142 Å². The van der Waals surface area contributed by atoms with Crippen LogP contribution in [0.3, 0.4) is 0 Å². The zero-order valence-corrected chi connectivity index (χ0v) is 33.3. The summed E-state index contributed by atoms with van der Waals surface area (Å²) in [6.07, 6.45) is 11.1. The molecule has 55 heavy (non-hydrogen) atoms. The molecule has 3 heterocycles. The largest absolute Gasteiger partial charge is 0.438 e. The summed E-state index contributed by atoms with van der Waals surface area (Å²) in [5, 5.41) is 4.93. The number of carbonyl (C=O) groups is 2. The Balaban J connectivity index is 1.30. The maximum absolute atomic E-state index is 14.3. The number of rotatable bonds is 4. The molecule has 2 fully saturated rings. The van der Waals surface area contributed by atoms with Crippen LogP contribution in [0.2, 0.25) is 0 Å². The van der Waals surface area contributed by atoms with Crippen LogP contribution in [0.5, 0.6) is 0 Å². The summed E-state index contributed by atoms with van der Waals surface area (Å²) in [7, 11) is 4.25. The second-order valence-electron chi connectivity index (χ2n) is 16.2. The van der Waals surface area contributed by atoms with E-state index in [1.165, 1.54) is 53.8 Å². The van der Waals surface area contributed by atoms with Crippen molar-refractivity contribution >= 4 is 50.8 Å². The molecule has 1 N–H and O–H groups in total. The third-order valence-electron chi connectivity index (χ3n) is 12.5. The Morgan fingerprint density at radius 1 is 0.618 bits per heavy atom. The van der Waals surface area contributed by atoms with Gasteiger partial charge in [0, 0.05) is 66.4 Å². The fourth-order valence-electron chi connectivity index (χ4n) is 9.80. The lowest BCUT2D eigenvalue weighted by Gasteiger charge is -2.32. The SMILES string of the molecule is CCN1C(=O)C(=C2/C(=C/C=C3\N(C)c4ccc5ccccc5c4C3(C)C)CCC/C2=C\C=C2\N(C)c3ccc4ccccc4c3C2(C)C)C(=[OH+])N(CC)C1=O. The minimum absolute atomic E-state index is 0.193. The molecule has 0 atom stereocenters. The summed E-state index contributed by atoms with van der Waals surface area (Å²) in [6.45, 7) is 13.2. The minimum Gasteiger partial charge on any atom is -0.347 e. The van der Waals surface area contributed by atoms with Gasteiger partial charge in [-0.25, -0.2) is 9.69 Å². The van der Waals surface area contributed by atoms with Gasteiger partial charge in [0.25, 0.3) is 5.91 Å². The number of hydrogen-bond acceptors (Lipinski definition) is 4. The van der Waals surface area contributed by atoms with E-state index in [0.29, 0.717) is 0 Å². The van der Waals surface area contributed by atoms with Crippen molar-refractivity contribution < 1.29 is 14.4 Å². The third-order valence-corrected chi connectivity index (χ3v) is 12.5. The summed E-state index contributed by atoms with van der Waals surface area (Å²) >= 11 is 0. The monoisotopic (exact) mass is 731 g/mol. The molecule has 0 radical (unpaired) electrons. The first-order chi connectivity index (χ1) is 26.3. The second kappa shape index (κ2) is 13.3. The molecular formula is C48H51N4O3+.